The van der Waals surface area contributed by atoms with E-state index in [0.29, 0.717) is 11.4 Å². The first-order valence-electron chi connectivity index (χ1n) is 6.23. The Morgan fingerprint density at radius 1 is 1.45 bits per heavy atom. The standard InChI is InChI=1S/C14H17FN4O/c1-10-8-13(19(3)17-10)16-14(20)18(2)9-11-6-4-5-7-12(11)15/h4-8H,9H2,1-3H3,(H,16,20). The van der Waals surface area contributed by atoms with Crippen molar-refractivity contribution in [1.82, 2.24) is 14.7 Å². The number of hydrogen-bond donors (Lipinski definition) is 1. The number of urea groups is 1. The molecule has 0 spiro atoms. The summed E-state index contributed by atoms with van der Waals surface area (Å²) in [7, 11) is 3.37. The van der Waals surface area contributed by atoms with Crippen molar-refractivity contribution in [2.24, 2.45) is 7.05 Å². The predicted octanol–water partition coefficient (Wildman–Crippen LogP) is 2.53. The molecule has 0 aliphatic carbocycles. The molecular formula is C14H17FN4O. The van der Waals surface area contributed by atoms with Gasteiger partial charge in [-0.3, -0.25) is 10.00 Å². The maximum atomic E-state index is 13.5. The summed E-state index contributed by atoms with van der Waals surface area (Å²) in [6.45, 7) is 2.05. The molecule has 1 heterocycles. The van der Waals surface area contributed by atoms with Gasteiger partial charge < -0.3 is 4.90 Å². The molecule has 0 unspecified atom stereocenters. The van der Waals surface area contributed by atoms with Crippen LogP contribution in [0.3, 0.4) is 0 Å². The zero-order valence-corrected chi connectivity index (χ0v) is 11.7. The summed E-state index contributed by atoms with van der Waals surface area (Å²) >= 11 is 0. The third kappa shape index (κ3) is 3.14. The van der Waals surface area contributed by atoms with Crippen LogP contribution < -0.4 is 5.32 Å². The Morgan fingerprint density at radius 3 is 2.75 bits per heavy atom. The molecule has 1 aromatic carbocycles. The number of hydrogen-bond acceptors (Lipinski definition) is 2. The molecule has 5 nitrogen and oxygen atoms in total. The van der Waals surface area contributed by atoms with Crippen molar-refractivity contribution in [2.45, 2.75) is 13.5 Å². The fraction of sp³-hybridized carbons (Fsp3) is 0.286. The quantitative estimate of drug-likeness (QED) is 0.936. The zero-order chi connectivity index (χ0) is 14.7. The van der Waals surface area contributed by atoms with Crippen molar-refractivity contribution < 1.29 is 9.18 Å². The summed E-state index contributed by atoms with van der Waals surface area (Å²) < 4.78 is 15.1. The van der Waals surface area contributed by atoms with Gasteiger partial charge in [0.15, 0.2) is 0 Å². The Morgan fingerprint density at radius 2 is 2.15 bits per heavy atom. The van der Waals surface area contributed by atoms with Crippen LogP contribution in [-0.2, 0) is 13.6 Å². The van der Waals surface area contributed by atoms with Crippen LogP contribution in [0.5, 0.6) is 0 Å². The van der Waals surface area contributed by atoms with Crippen LogP contribution in [0.4, 0.5) is 15.0 Å². The number of carbonyl (C=O) groups excluding carboxylic acids is 1. The number of carbonyl (C=O) groups is 1. The molecule has 0 atom stereocenters. The van der Waals surface area contributed by atoms with Crippen molar-refractivity contribution in [3.8, 4) is 0 Å². The second-order valence-electron chi connectivity index (χ2n) is 4.67. The molecule has 0 saturated heterocycles. The Kier molecular flexibility index (Phi) is 4.02. The van der Waals surface area contributed by atoms with Gasteiger partial charge in [0.1, 0.15) is 11.6 Å². The van der Waals surface area contributed by atoms with Crippen LogP contribution in [0, 0.1) is 12.7 Å². The number of benzene rings is 1. The Hall–Kier alpha value is -2.37. The van der Waals surface area contributed by atoms with E-state index in [1.165, 1.54) is 11.0 Å². The highest BCUT2D eigenvalue weighted by Crippen LogP contribution is 2.12. The monoisotopic (exact) mass is 276 g/mol. The first kappa shape index (κ1) is 14.0. The molecular weight excluding hydrogens is 259 g/mol. The molecule has 2 aromatic rings. The number of nitrogens with one attached hydrogen (secondary N) is 1. The molecule has 2 rings (SSSR count). The van der Waals surface area contributed by atoms with Crippen LogP contribution in [0.1, 0.15) is 11.3 Å². The summed E-state index contributed by atoms with van der Waals surface area (Å²) in [6.07, 6.45) is 0. The zero-order valence-electron chi connectivity index (χ0n) is 11.7. The fourth-order valence-electron chi connectivity index (χ4n) is 1.89. The summed E-state index contributed by atoms with van der Waals surface area (Å²) in [5.74, 6) is 0.288. The van der Waals surface area contributed by atoms with Gasteiger partial charge in [0.2, 0.25) is 0 Å². The van der Waals surface area contributed by atoms with E-state index in [4.69, 9.17) is 0 Å². The van der Waals surface area contributed by atoms with Crippen molar-refractivity contribution in [1.29, 1.82) is 0 Å². The molecule has 0 radical (unpaired) electrons. The lowest BCUT2D eigenvalue weighted by Crippen LogP contribution is -2.31. The van der Waals surface area contributed by atoms with Crippen LogP contribution in [0.2, 0.25) is 0 Å². The average Bonchev–Trinajstić information content (AvgIpc) is 2.70. The number of halogens is 1. The summed E-state index contributed by atoms with van der Waals surface area (Å²) in [5, 5.41) is 6.88. The van der Waals surface area contributed by atoms with Crippen molar-refractivity contribution >= 4 is 11.8 Å². The third-order valence-corrected chi connectivity index (χ3v) is 2.95. The smallest absolute Gasteiger partial charge is 0.323 e. The largest absolute Gasteiger partial charge is 0.323 e. The number of amides is 2. The molecule has 0 fully saturated rings. The molecule has 1 N–H and O–H groups in total. The second-order valence-corrected chi connectivity index (χ2v) is 4.67. The predicted molar refractivity (Wildman–Crippen MR) is 74.8 cm³/mol. The van der Waals surface area contributed by atoms with E-state index in [1.54, 1.807) is 43.0 Å². The van der Waals surface area contributed by atoms with Crippen molar-refractivity contribution in [3.05, 3.63) is 47.4 Å². The second kappa shape index (κ2) is 5.73. The van der Waals surface area contributed by atoms with E-state index in [-0.39, 0.29) is 18.4 Å². The highest BCUT2D eigenvalue weighted by atomic mass is 19.1. The molecule has 6 heteroatoms. The highest BCUT2D eigenvalue weighted by molar-refractivity contribution is 5.88. The molecule has 2 amide bonds. The maximum Gasteiger partial charge on any atom is 0.323 e. The molecule has 106 valence electrons. The molecule has 0 aliphatic rings. The number of anilines is 1. The summed E-state index contributed by atoms with van der Waals surface area (Å²) in [6, 6.07) is 7.87. The molecule has 0 aliphatic heterocycles. The minimum Gasteiger partial charge on any atom is -0.323 e. The van der Waals surface area contributed by atoms with Gasteiger partial charge in [0, 0.05) is 32.3 Å². The topological polar surface area (TPSA) is 50.2 Å². The lowest BCUT2D eigenvalue weighted by Gasteiger charge is -2.18. The van der Waals surface area contributed by atoms with E-state index < -0.39 is 0 Å². The summed E-state index contributed by atoms with van der Waals surface area (Å²) in [5.41, 5.74) is 1.30. The number of nitrogens with zero attached hydrogens (tertiary/aromatic N) is 3. The van der Waals surface area contributed by atoms with E-state index in [9.17, 15) is 9.18 Å². The first-order chi connectivity index (χ1) is 9.47. The highest BCUT2D eigenvalue weighted by Gasteiger charge is 2.13. The normalized spacial score (nSPS) is 10.4. The van der Waals surface area contributed by atoms with Crippen molar-refractivity contribution in [2.75, 3.05) is 12.4 Å². The average molecular weight is 276 g/mol. The minimum absolute atomic E-state index is 0.204. The van der Waals surface area contributed by atoms with E-state index in [0.717, 1.165) is 5.69 Å². The molecule has 0 bridgehead atoms. The van der Waals surface area contributed by atoms with Gasteiger partial charge >= 0.3 is 6.03 Å². The van der Waals surface area contributed by atoms with Gasteiger partial charge in [-0.2, -0.15) is 5.10 Å². The van der Waals surface area contributed by atoms with Gasteiger partial charge in [-0.25, -0.2) is 9.18 Å². The first-order valence-corrected chi connectivity index (χ1v) is 6.23. The SMILES string of the molecule is Cc1cc(NC(=O)N(C)Cc2ccccc2F)n(C)n1. The minimum atomic E-state index is -0.316. The number of aromatic nitrogens is 2. The summed E-state index contributed by atoms with van der Waals surface area (Å²) in [4.78, 5) is 13.5. The van der Waals surface area contributed by atoms with E-state index >= 15 is 0 Å². The van der Waals surface area contributed by atoms with Gasteiger partial charge in [0.25, 0.3) is 0 Å². The molecule has 20 heavy (non-hydrogen) atoms. The Labute approximate surface area is 117 Å². The number of aryl methyl sites for hydroxylation is 2. The Bertz CT molecular complexity index is 623. The lowest BCUT2D eigenvalue weighted by atomic mass is 10.2. The van der Waals surface area contributed by atoms with E-state index in [1.807, 2.05) is 6.92 Å². The van der Waals surface area contributed by atoms with Gasteiger partial charge in [-0.05, 0) is 13.0 Å². The number of rotatable bonds is 3. The molecule has 0 saturated carbocycles. The Balaban J connectivity index is 2.02. The van der Waals surface area contributed by atoms with Crippen molar-refractivity contribution in [3.63, 3.8) is 0 Å². The van der Waals surface area contributed by atoms with E-state index in [2.05, 4.69) is 10.4 Å². The van der Waals surface area contributed by atoms with Gasteiger partial charge in [0.05, 0.1) is 5.69 Å². The fourth-order valence-corrected chi connectivity index (χ4v) is 1.89. The van der Waals surface area contributed by atoms with Gasteiger partial charge in [-0.15, -0.1) is 0 Å². The van der Waals surface area contributed by atoms with Crippen LogP contribution >= 0.6 is 0 Å². The third-order valence-electron chi connectivity index (χ3n) is 2.95. The lowest BCUT2D eigenvalue weighted by molar-refractivity contribution is 0.220. The van der Waals surface area contributed by atoms with Crippen LogP contribution in [0.15, 0.2) is 30.3 Å². The maximum absolute atomic E-state index is 13.5. The van der Waals surface area contributed by atoms with Crippen LogP contribution in [0.25, 0.3) is 0 Å². The van der Waals surface area contributed by atoms with Crippen LogP contribution in [-0.4, -0.2) is 27.8 Å². The van der Waals surface area contributed by atoms with Gasteiger partial charge in [-0.1, -0.05) is 18.2 Å². The molecule has 1 aromatic heterocycles.